The predicted molar refractivity (Wildman–Crippen MR) is 188 cm³/mol. The summed E-state index contributed by atoms with van der Waals surface area (Å²) < 4.78 is 13.7. The number of hydrogen-bond donors (Lipinski definition) is 1. The van der Waals surface area contributed by atoms with Crippen LogP contribution >= 0.6 is 0 Å². The van der Waals surface area contributed by atoms with Gasteiger partial charge in [0, 0.05) is 62.2 Å². The second-order valence-corrected chi connectivity index (χ2v) is 15.3. The number of benzene rings is 1. The number of alkyl carbamates (subject to hydrolysis) is 1. The van der Waals surface area contributed by atoms with Crippen molar-refractivity contribution in [1.82, 2.24) is 34.9 Å². The van der Waals surface area contributed by atoms with Crippen LogP contribution in [0.3, 0.4) is 0 Å². The number of nitrogens with one attached hydrogen (secondary N) is 1. The van der Waals surface area contributed by atoms with Gasteiger partial charge in [-0.2, -0.15) is 10.1 Å². The van der Waals surface area contributed by atoms with Crippen LogP contribution in [0.1, 0.15) is 74.6 Å². The number of ether oxygens (including phenoxy) is 2. The van der Waals surface area contributed by atoms with E-state index in [0.717, 1.165) is 36.3 Å². The monoisotopic (exact) mass is 678 g/mol. The number of pyridine rings is 1. The molecule has 1 aromatic carbocycles. The summed E-state index contributed by atoms with van der Waals surface area (Å²) in [6.45, 7) is 14.9. The molecule has 0 spiro atoms. The molecular formula is C38H46N8O4. The molecule has 1 saturated carbocycles. The summed E-state index contributed by atoms with van der Waals surface area (Å²) in [6.07, 6.45) is 6.57. The molecule has 0 bridgehead atoms. The van der Waals surface area contributed by atoms with Gasteiger partial charge in [0.1, 0.15) is 18.5 Å². The smallest absolute Gasteiger partial charge is 0.408 e. The number of anilines is 1. The van der Waals surface area contributed by atoms with E-state index in [2.05, 4.69) is 52.1 Å². The van der Waals surface area contributed by atoms with E-state index in [0.29, 0.717) is 42.2 Å². The highest BCUT2D eigenvalue weighted by atomic mass is 16.5. The lowest BCUT2D eigenvalue weighted by Gasteiger charge is -2.43. The number of carbonyl (C=O) groups is 2. The topological polar surface area (TPSA) is 128 Å². The van der Waals surface area contributed by atoms with Gasteiger partial charge in [-0.15, -0.1) is 0 Å². The molecule has 4 atom stereocenters. The molecule has 3 aromatic heterocycles. The van der Waals surface area contributed by atoms with Gasteiger partial charge in [0.2, 0.25) is 11.8 Å². The van der Waals surface area contributed by atoms with Crippen molar-refractivity contribution in [3.63, 3.8) is 0 Å². The minimum Gasteiger partial charge on any atom is -0.474 e. The van der Waals surface area contributed by atoms with Crippen molar-refractivity contribution in [2.45, 2.75) is 78.7 Å². The van der Waals surface area contributed by atoms with E-state index >= 15 is 0 Å². The van der Waals surface area contributed by atoms with Gasteiger partial charge in [0.15, 0.2) is 0 Å². The fourth-order valence-electron chi connectivity index (χ4n) is 7.45. The molecule has 3 fully saturated rings. The van der Waals surface area contributed by atoms with E-state index < -0.39 is 11.6 Å². The number of likely N-dealkylation sites (tertiary alicyclic amines) is 1. The van der Waals surface area contributed by atoms with E-state index in [1.165, 1.54) is 0 Å². The summed E-state index contributed by atoms with van der Waals surface area (Å²) in [5.41, 5.74) is 2.48. The Hall–Kier alpha value is -5.00. The van der Waals surface area contributed by atoms with Crippen molar-refractivity contribution in [3.05, 3.63) is 89.5 Å². The highest BCUT2D eigenvalue weighted by molar-refractivity contribution is 5.95. The van der Waals surface area contributed by atoms with Crippen LogP contribution in [0.2, 0.25) is 0 Å². The summed E-state index contributed by atoms with van der Waals surface area (Å²) in [5.74, 6) is 2.17. The zero-order valence-corrected chi connectivity index (χ0v) is 29.7. The number of hydrogen-bond acceptors (Lipinski definition) is 9. The lowest BCUT2D eigenvalue weighted by molar-refractivity contribution is 0.0750. The molecule has 1 N–H and O–H groups in total. The second kappa shape index (κ2) is 13.0. The molecule has 5 heterocycles. The van der Waals surface area contributed by atoms with Gasteiger partial charge in [0.25, 0.3) is 5.91 Å². The second-order valence-electron chi connectivity index (χ2n) is 15.3. The number of aromatic nitrogens is 5. The van der Waals surface area contributed by atoms with Crippen LogP contribution in [0.25, 0.3) is 5.95 Å². The molecule has 262 valence electrons. The summed E-state index contributed by atoms with van der Waals surface area (Å²) in [6, 6.07) is 15.7. The van der Waals surface area contributed by atoms with Gasteiger partial charge in [-0.05, 0) is 69.2 Å². The number of piperidine rings is 2. The maximum Gasteiger partial charge on any atom is 0.408 e. The SMILES string of the molecule is Cc1nn(-c2ncccn2)cc1C(=O)N1C[C@@H]2C(Oc3cc(C(C)(C)NC(=O)OCc4ccccc4)cc(N4CCC(C)(C)CC4C)n3)[C@@H]2C1. The predicted octanol–water partition coefficient (Wildman–Crippen LogP) is 5.69. The minimum atomic E-state index is -0.766. The van der Waals surface area contributed by atoms with E-state index in [1.54, 1.807) is 29.3 Å². The molecule has 2 amide bonds. The van der Waals surface area contributed by atoms with Crippen LogP contribution in [0.4, 0.5) is 10.6 Å². The van der Waals surface area contributed by atoms with Gasteiger partial charge < -0.3 is 24.6 Å². The van der Waals surface area contributed by atoms with Crippen LogP contribution in [0.15, 0.2) is 67.1 Å². The number of aryl methyl sites for hydroxylation is 1. The van der Waals surface area contributed by atoms with Gasteiger partial charge in [-0.3, -0.25) is 4.79 Å². The molecule has 2 aliphatic heterocycles. The molecule has 2 saturated heterocycles. The van der Waals surface area contributed by atoms with Crippen molar-refractivity contribution >= 4 is 17.8 Å². The van der Waals surface area contributed by atoms with Gasteiger partial charge >= 0.3 is 6.09 Å². The molecule has 0 radical (unpaired) electrons. The molecule has 3 aliphatic rings. The van der Waals surface area contributed by atoms with Gasteiger partial charge in [0.05, 0.1) is 16.8 Å². The maximum absolute atomic E-state index is 13.5. The van der Waals surface area contributed by atoms with E-state index in [9.17, 15) is 9.59 Å². The molecule has 4 aromatic rings. The number of nitrogens with zero attached hydrogens (tertiary/aromatic N) is 7. The first-order valence-electron chi connectivity index (χ1n) is 17.4. The fraction of sp³-hybridized carbons (Fsp3) is 0.474. The highest BCUT2D eigenvalue weighted by Crippen LogP contribution is 2.48. The van der Waals surface area contributed by atoms with E-state index in [4.69, 9.17) is 14.5 Å². The summed E-state index contributed by atoms with van der Waals surface area (Å²) in [7, 11) is 0. The Bertz CT molecular complexity index is 1850. The first-order valence-corrected chi connectivity index (χ1v) is 17.4. The molecule has 12 heteroatoms. The lowest BCUT2D eigenvalue weighted by atomic mass is 9.79. The van der Waals surface area contributed by atoms with Crippen molar-refractivity contribution in [3.8, 4) is 11.8 Å². The number of carbonyl (C=O) groups excluding carboxylic acids is 2. The quantitative estimate of drug-likeness (QED) is 0.238. The summed E-state index contributed by atoms with van der Waals surface area (Å²) in [5, 5.41) is 7.54. The number of fused-ring (bicyclic) bond motifs is 1. The van der Waals surface area contributed by atoms with Gasteiger partial charge in [-0.25, -0.2) is 19.4 Å². The van der Waals surface area contributed by atoms with Crippen LogP contribution in [0, 0.1) is 24.2 Å². The number of rotatable bonds is 9. The molecule has 50 heavy (non-hydrogen) atoms. The normalized spacial score (nSPS) is 22.5. The van der Waals surface area contributed by atoms with Crippen LogP contribution in [0.5, 0.6) is 5.88 Å². The Morgan fingerprint density at radius 1 is 1.04 bits per heavy atom. The Balaban J connectivity index is 1.05. The van der Waals surface area contributed by atoms with Crippen molar-refractivity contribution in [2.24, 2.45) is 17.3 Å². The maximum atomic E-state index is 13.5. The highest BCUT2D eigenvalue weighted by Gasteiger charge is 2.59. The van der Waals surface area contributed by atoms with Crippen LogP contribution in [-0.2, 0) is 16.9 Å². The molecule has 2 unspecified atom stereocenters. The Morgan fingerprint density at radius 3 is 2.46 bits per heavy atom. The first-order chi connectivity index (χ1) is 23.9. The van der Waals surface area contributed by atoms with Crippen molar-refractivity contribution < 1.29 is 19.1 Å². The van der Waals surface area contributed by atoms with Crippen LogP contribution in [-0.4, -0.2) is 73.4 Å². The number of amides is 2. The average Bonchev–Trinajstić information content (AvgIpc) is 3.37. The zero-order valence-electron chi connectivity index (χ0n) is 29.7. The lowest BCUT2D eigenvalue weighted by Crippen LogP contribution is -2.45. The largest absolute Gasteiger partial charge is 0.474 e. The molecule has 1 aliphatic carbocycles. The van der Waals surface area contributed by atoms with Crippen molar-refractivity contribution in [1.29, 1.82) is 0 Å². The molecular weight excluding hydrogens is 632 g/mol. The third-order valence-corrected chi connectivity index (χ3v) is 10.4. The summed E-state index contributed by atoms with van der Waals surface area (Å²) in [4.78, 5) is 44.3. The molecule has 7 rings (SSSR count). The third kappa shape index (κ3) is 7.01. The Kier molecular flexibility index (Phi) is 8.73. The summed E-state index contributed by atoms with van der Waals surface area (Å²) >= 11 is 0. The van der Waals surface area contributed by atoms with E-state index in [-0.39, 0.29) is 35.9 Å². The van der Waals surface area contributed by atoms with Gasteiger partial charge in [-0.1, -0.05) is 44.2 Å². The zero-order chi connectivity index (χ0) is 35.2. The standard InChI is InChI=1S/C38H46N8O4/c1-24-19-37(3,4)13-16-45(24)31-17-27(38(5,6)42-36(48)49-23-26-11-8-7-9-12-26)18-32(41-31)50-33-29-20-44(21-30(29)33)34(47)28-22-46(43-25(28)2)35-39-14-10-15-40-35/h7-12,14-15,17-18,22,24,29-30,33H,13,16,19-21,23H2,1-6H3,(H,42,48)/t24?,29-,30+,33?. The average molecular weight is 679 g/mol. The minimum absolute atomic E-state index is 0.0409. The van der Waals surface area contributed by atoms with E-state index in [1.807, 2.05) is 62.1 Å². The Labute approximate surface area is 293 Å². The first kappa shape index (κ1) is 33.5. The Morgan fingerprint density at radius 2 is 1.76 bits per heavy atom. The third-order valence-electron chi connectivity index (χ3n) is 10.4. The van der Waals surface area contributed by atoms with Crippen molar-refractivity contribution in [2.75, 3.05) is 24.5 Å². The molecule has 12 nitrogen and oxygen atoms in total. The fourth-order valence-corrected chi connectivity index (χ4v) is 7.45. The van der Waals surface area contributed by atoms with Crippen LogP contribution < -0.4 is 15.0 Å².